The summed E-state index contributed by atoms with van der Waals surface area (Å²) < 4.78 is 0. The Hall–Kier alpha value is -1.55. The molecule has 0 aromatic heterocycles. The molecule has 2 rings (SSSR count). The van der Waals surface area contributed by atoms with Crippen molar-refractivity contribution in [2.45, 2.75) is 38.2 Å². The summed E-state index contributed by atoms with van der Waals surface area (Å²) in [5.41, 5.74) is 7.54. The van der Waals surface area contributed by atoms with Gasteiger partial charge in [0.25, 0.3) is 0 Å². The predicted molar refractivity (Wildman–Crippen MR) is 75.7 cm³/mol. The van der Waals surface area contributed by atoms with Gasteiger partial charge in [-0.25, -0.2) is 0 Å². The maximum atomic E-state index is 12.2. The minimum Gasteiger partial charge on any atom is -0.399 e. The highest BCUT2D eigenvalue weighted by Gasteiger charge is 2.22. The Morgan fingerprint density at radius 3 is 2.53 bits per heavy atom. The minimum absolute atomic E-state index is 0.177. The van der Waals surface area contributed by atoms with E-state index in [1.54, 1.807) is 0 Å². The number of nitrogen functional groups attached to an aromatic ring is 1. The number of benzene rings is 1. The van der Waals surface area contributed by atoms with Crippen LogP contribution in [0.2, 0.25) is 0 Å². The predicted octanol–water partition coefficient (Wildman–Crippen LogP) is 1.75. The number of piperidine rings is 1. The van der Waals surface area contributed by atoms with Crippen LogP contribution < -0.4 is 5.73 Å². The third kappa shape index (κ3) is 3.70. The molecule has 1 amide bonds. The second kappa shape index (κ2) is 6.06. The maximum absolute atomic E-state index is 12.2. The average Bonchev–Trinajstić information content (AvgIpc) is 2.40. The van der Waals surface area contributed by atoms with E-state index in [0.717, 1.165) is 11.3 Å². The third-order valence-corrected chi connectivity index (χ3v) is 3.80. The fourth-order valence-electron chi connectivity index (χ4n) is 2.45. The van der Waals surface area contributed by atoms with E-state index in [0.29, 0.717) is 32.4 Å². The quantitative estimate of drug-likeness (QED) is 0.815. The summed E-state index contributed by atoms with van der Waals surface area (Å²) in [5.74, 6) is 0.371. The molecule has 104 valence electrons. The molecule has 1 aliphatic rings. The number of hydrogen-bond acceptors (Lipinski definition) is 3. The average molecular weight is 262 g/mol. The molecule has 1 atom stereocenters. The van der Waals surface area contributed by atoms with Crippen molar-refractivity contribution in [3.05, 3.63) is 29.8 Å². The Balaban J connectivity index is 1.89. The third-order valence-electron chi connectivity index (χ3n) is 3.80. The monoisotopic (exact) mass is 262 g/mol. The summed E-state index contributed by atoms with van der Waals surface area (Å²) in [6.07, 6.45) is 1.67. The van der Waals surface area contributed by atoms with Gasteiger partial charge in [0.15, 0.2) is 0 Å². The van der Waals surface area contributed by atoms with E-state index >= 15 is 0 Å². The first-order valence-electron chi connectivity index (χ1n) is 6.87. The molecule has 19 heavy (non-hydrogen) atoms. The van der Waals surface area contributed by atoms with Crippen molar-refractivity contribution < 1.29 is 9.90 Å². The van der Waals surface area contributed by atoms with Crippen LogP contribution in [0.15, 0.2) is 24.3 Å². The first-order valence-corrected chi connectivity index (χ1v) is 6.87. The largest absolute Gasteiger partial charge is 0.399 e. The van der Waals surface area contributed by atoms with Crippen LogP contribution >= 0.6 is 0 Å². The second-order valence-corrected chi connectivity index (χ2v) is 5.38. The number of aliphatic hydroxyl groups excluding tert-OH is 1. The van der Waals surface area contributed by atoms with Crippen LogP contribution in [0.5, 0.6) is 0 Å². The van der Waals surface area contributed by atoms with E-state index in [1.165, 1.54) is 0 Å². The number of nitrogens with two attached hydrogens (primary N) is 1. The summed E-state index contributed by atoms with van der Waals surface area (Å²) in [6.45, 7) is 3.41. The van der Waals surface area contributed by atoms with E-state index in [-0.39, 0.29) is 17.9 Å². The van der Waals surface area contributed by atoms with Gasteiger partial charge < -0.3 is 15.7 Å². The SMILES string of the molecule is CC(CC(=O)N1CCC(O)CC1)c1ccc(N)cc1. The summed E-state index contributed by atoms with van der Waals surface area (Å²) in [5, 5.41) is 9.44. The molecule has 4 nitrogen and oxygen atoms in total. The lowest BCUT2D eigenvalue weighted by molar-refractivity contribution is -0.133. The number of carbonyl (C=O) groups is 1. The first-order chi connectivity index (χ1) is 9.06. The molecule has 1 aromatic rings. The van der Waals surface area contributed by atoms with Gasteiger partial charge in [-0.05, 0) is 36.5 Å². The van der Waals surface area contributed by atoms with Gasteiger partial charge in [-0.15, -0.1) is 0 Å². The van der Waals surface area contributed by atoms with Crippen molar-refractivity contribution in [2.24, 2.45) is 0 Å². The van der Waals surface area contributed by atoms with Crippen LogP contribution in [0.3, 0.4) is 0 Å². The number of anilines is 1. The van der Waals surface area contributed by atoms with E-state index in [4.69, 9.17) is 5.73 Å². The highest BCUT2D eigenvalue weighted by Crippen LogP contribution is 2.22. The number of aliphatic hydroxyl groups is 1. The molecule has 0 spiro atoms. The van der Waals surface area contributed by atoms with Crippen molar-refractivity contribution in [1.29, 1.82) is 0 Å². The molecule has 1 heterocycles. The number of nitrogens with zero attached hydrogens (tertiary/aromatic N) is 1. The Labute approximate surface area is 114 Å². The van der Waals surface area contributed by atoms with Gasteiger partial charge in [-0.3, -0.25) is 4.79 Å². The van der Waals surface area contributed by atoms with Crippen molar-refractivity contribution in [3.63, 3.8) is 0 Å². The molecule has 0 bridgehead atoms. The fourth-order valence-corrected chi connectivity index (χ4v) is 2.45. The molecule has 0 radical (unpaired) electrons. The van der Waals surface area contributed by atoms with Crippen LogP contribution in [0, 0.1) is 0 Å². The molecule has 0 aliphatic carbocycles. The Morgan fingerprint density at radius 1 is 1.37 bits per heavy atom. The number of likely N-dealkylation sites (tertiary alicyclic amines) is 1. The van der Waals surface area contributed by atoms with Crippen LogP contribution in [0.4, 0.5) is 5.69 Å². The fraction of sp³-hybridized carbons (Fsp3) is 0.533. The molecule has 1 fully saturated rings. The maximum Gasteiger partial charge on any atom is 0.223 e. The van der Waals surface area contributed by atoms with Gasteiger partial charge in [0.2, 0.25) is 5.91 Å². The molecular weight excluding hydrogens is 240 g/mol. The Morgan fingerprint density at radius 2 is 1.95 bits per heavy atom. The second-order valence-electron chi connectivity index (χ2n) is 5.38. The van der Waals surface area contributed by atoms with E-state index in [2.05, 4.69) is 6.92 Å². The number of amides is 1. The highest BCUT2D eigenvalue weighted by atomic mass is 16.3. The first kappa shape index (κ1) is 13.9. The molecule has 1 saturated heterocycles. The molecule has 1 aromatic carbocycles. The summed E-state index contributed by atoms with van der Waals surface area (Å²) >= 11 is 0. The van der Waals surface area contributed by atoms with Crippen LogP contribution in [0.1, 0.15) is 37.7 Å². The van der Waals surface area contributed by atoms with Crippen molar-refractivity contribution in [2.75, 3.05) is 18.8 Å². The van der Waals surface area contributed by atoms with Gasteiger partial charge >= 0.3 is 0 Å². The summed E-state index contributed by atoms with van der Waals surface area (Å²) in [7, 11) is 0. The van der Waals surface area contributed by atoms with Gasteiger partial charge in [0, 0.05) is 25.2 Å². The lowest BCUT2D eigenvalue weighted by Gasteiger charge is -2.30. The van der Waals surface area contributed by atoms with Gasteiger partial charge in [0.05, 0.1) is 6.10 Å². The smallest absolute Gasteiger partial charge is 0.223 e. The van der Waals surface area contributed by atoms with E-state index < -0.39 is 0 Å². The minimum atomic E-state index is -0.237. The zero-order chi connectivity index (χ0) is 13.8. The van der Waals surface area contributed by atoms with Crippen molar-refractivity contribution in [1.82, 2.24) is 4.90 Å². The number of hydrogen-bond donors (Lipinski definition) is 2. The van der Waals surface area contributed by atoms with Crippen LogP contribution in [0.25, 0.3) is 0 Å². The lowest BCUT2D eigenvalue weighted by atomic mass is 9.96. The van der Waals surface area contributed by atoms with Crippen molar-refractivity contribution >= 4 is 11.6 Å². The standard InChI is InChI=1S/C15H22N2O2/c1-11(12-2-4-13(16)5-3-12)10-15(19)17-8-6-14(18)7-9-17/h2-5,11,14,18H,6-10,16H2,1H3. The molecule has 1 unspecified atom stereocenters. The Kier molecular flexibility index (Phi) is 4.43. The number of carbonyl (C=O) groups excluding carboxylic acids is 1. The van der Waals surface area contributed by atoms with Gasteiger partial charge in [0.1, 0.15) is 0 Å². The van der Waals surface area contributed by atoms with Gasteiger partial charge in [-0.1, -0.05) is 19.1 Å². The summed E-state index contributed by atoms with van der Waals surface area (Å²) in [6, 6.07) is 7.70. The van der Waals surface area contributed by atoms with E-state index in [9.17, 15) is 9.90 Å². The normalized spacial score (nSPS) is 18.3. The lowest BCUT2D eigenvalue weighted by Crippen LogP contribution is -2.40. The van der Waals surface area contributed by atoms with Crippen molar-refractivity contribution in [3.8, 4) is 0 Å². The van der Waals surface area contributed by atoms with E-state index in [1.807, 2.05) is 29.2 Å². The van der Waals surface area contributed by atoms with Gasteiger partial charge in [-0.2, -0.15) is 0 Å². The summed E-state index contributed by atoms with van der Waals surface area (Å²) in [4.78, 5) is 14.0. The molecule has 3 N–H and O–H groups in total. The highest BCUT2D eigenvalue weighted by molar-refractivity contribution is 5.77. The molecular formula is C15H22N2O2. The molecule has 4 heteroatoms. The molecule has 0 saturated carbocycles. The topological polar surface area (TPSA) is 66.6 Å². The zero-order valence-corrected chi connectivity index (χ0v) is 11.4. The zero-order valence-electron chi connectivity index (χ0n) is 11.4. The van der Waals surface area contributed by atoms with Crippen LogP contribution in [-0.2, 0) is 4.79 Å². The Bertz CT molecular complexity index is 422. The number of rotatable bonds is 3. The molecule has 1 aliphatic heterocycles. The van der Waals surface area contributed by atoms with Crippen LogP contribution in [-0.4, -0.2) is 35.1 Å².